The van der Waals surface area contributed by atoms with E-state index in [2.05, 4.69) is 0 Å². The van der Waals surface area contributed by atoms with E-state index in [1.165, 1.54) is 19.3 Å². The third-order valence-corrected chi connectivity index (χ3v) is 8.92. The summed E-state index contributed by atoms with van der Waals surface area (Å²) in [6.07, 6.45) is 8.02. The number of ether oxygens (including phenoxy) is 1. The second kappa shape index (κ2) is 7.69. The minimum absolute atomic E-state index is 0.0225. The monoisotopic (exact) mass is 427 g/mol. The number of thiazole rings is 1. The van der Waals surface area contributed by atoms with Crippen molar-refractivity contribution in [1.29, 1.82) is 0 Å². The fraction of sp³-hybridized carbons (Fsp3) is 0.800. The van der Waals surface area contributed by atoms with E-state index in [0.717, 1.165) is 47.6 Å². The van der Waals surface area contributed by atoms with E-state index in [-0.39, 0.29) is 17.1 Å². The molecule has 4 bridgehead atoms. The zero-order chi connectivity index (χ0) is 19.9. The van der Waals surface area contributed by atoms with Gasteiger partial charge in [0.25, 0.3) is 0 Å². The molecule has 4 saturated carbocycles. The van der Waals surface area contributed by atoms with Crippen molar-refractivity contribution in [2.45, 2.75) is 64.8 Å². The Morgan fingerprint density at radius 1 is 1.25 bits per heavy atom. The van der Waals surface area contributed by atoms with Gasteiger partial charge in [0.15, 0.2) is 12.2 Å². The maximum absolute atomic E-state index is 12.9. The van der Waals surface area contributed by atoms with Crippen molar-refractivity contribution < 1.29 is 27.1 Å². The molecule has 1 heterocycles. The van der Waals surface area contributed by atoms with Gasteiger partial charge >= 0.3 is 5.97 Å². The highest BCUT2D eigenvalue weighted by molar-refractivity contribution is 7.85. The van der Waals surface area contributed by atoms with Crippen molar-refractivity contribution in [3.63, 3.8) is 0 Å². The smallest absolute Gasteiger partial charge is 0.312 e. The number of aromatic nitrogens is 1. The number of hydrogen-bond donors (Lipinski definition) is 0. The predicted octanol–water partition coefficient (Wildman–Crippen LogP) is 2.58. The van der Waals surface area contributed by atoms with Gasteiger partial charge in [-0.2, -0.15) is 4.57 Å². The largest absolute Gasteiger partial charge is 0.748 e. The Morgan fingerprint density at radius 2 is 1.86 bits per heavy atom. The summed E-state index contributed by atoms with van der Waals surface area (Å²) in [5.74, 6) is 1.88. The van der Waals surface area contributed by atoms with Gasteiger partial charge in [-0.25, -0.2) is 8.42 Å². The molecule has 0 radical (unpaired) electrons. The molecule has 1 aromatic rings. The van der Waals surface area contributed by atoms with Crippen LogP contribution in [0, 0.1) is 30.1 Å². The normalized spacial score (nSPS) is 31.3. The van der Waals surface area contributed by atoms with E-state index in [0.29, 0.717) is 26.0 Å². The first-order valence-electron chi connectivity index (χ1n) is 10.3. The number of rotatable bonds is 8. The number of nitrogens with zero attached hydrogens (tertiary/aromatic N) is 1. The Bertz CT molecular complexity index is 809. The van der Waals surface area contributed by atoms with Gasteiger partial charge in [-0.3, -0.25) is 4.79 Å². The fourth-order valence-corrected chi connectivity index (χ4v) is 7.56. The Kier molecular flexibility index (Phi) is 5.57. The summed E-state index contributed by atoms with van der Waals surface area (Å²) in [6, 6.07) is 0. The third kappa shape index (κ3) is 4.28. The van der Waals surface area contributed by atoms with E-state index in [4.69, 9.17) is 4.74 Å². The zero-order valence-electron chi connectivity index (χ0n) is 16.4. The van der Waals surface area contributed by atoms with Crippen LogP contribution in [-0.2, 0) is 32.6 Å². The van der Waals surface area contributed by atoms with Crippen LogP contribution < -0.4 is 4.57 Å². The molecule has 0 N–H and O–H groups in total. The van der Waals surface area contributed by atoms with Crippen LogP contribution in [0.1, 0.15) is 55.5 Å². The topological polar surface area (TPSA) is 87.4 Å². The maximum Gasteiger partial charge on any atom is 0.312 e. The molecule has 5 rings (SSSR count). The lowest BCUT2D eigenvalue weighted by molar-refractivity contribution is -0.698. The molecule has 1 aromatic heterocycles. The van der Waals surface area contributed by atoms with Gasteiger partial charge < -0.3 is 9.29 Å². The summed E-state index contributed by atoms with van der Waals surface area (Å²) in [7, 11) is -4.16. The molecule has 0 aromatic carbocycles. The molecule has 156 valence electrons. The van der Waals surface area contributed by atoms with E-state index < -0.39 is 10.1 Å². The average Bonchev–Trinajstić information content (AvgIpc) is 2.93. The van der Waals surface area contributed by atoms with Crippen LogP contribution in [0.3, 0.4) is 0 Å². The van der Waals surface area contributed by atoms with Crippen molar-refractivity contribution in [3.8, 4) is 0 Å². The molecule has 4 aliphatic carbocycles. The molecule has 28 heavy (non-hydrogen) atoms. The van der Waals surface area contributed by atoms with Crippen LogP contribution in [0.25, 0.3) is 0 Å². The van der Waals surface area contributed by atoms with Crippen molar-refractivity contribution in [1.82, 2.24) is 0 Å². The molecule has 0 amide bonds. The summed E-state index contributed by atoms with van der Waals surface area (Å²) in [5.41, 5.74) is 2.80. The molecular weight excluding hydrogens is 398 g/mol. The highest BCUT2D eigenvalue weighted by Gasteiger charge is 2.55. The Morgan fingerprint density at radius 3 is 2.43 bits per heavy atom. The number of hydrogen-bond acceptors (Lipinski definition) is 6. The van der Waals surface area contributed by atoms with E-state index in [1.807, 2.05) is 17.0 Å². The molecule has 0 unspecified atom stereocenters. The molecule has 0 spiro atoms. The Hall–Kier alpha value is -0.990. The van der Waals surface area contributed by atoms with Crippen LogP contribution in [0.4, 0.5) is 0 Å². The lowest BCUT2D eigenvalue weighted by atomic mass is 9.49. The van der Waals surface area contributed by atoms with Gasteiger partial charge in [-0.1, -0.05) is 11.3 Å². The van der Waals surface area contributed by atoms with Gasteiger partial charge in [0, 0.05) is 25.5 Å². The summed E-state index contributed by atoms with van der Waals surface area (Å²) in [6.45, 7) is 2.90. The van der Waals surface area contributed by atoms with Crippen molar-refractivity contribution in [3.05, 3.63) is 16.1 Å². The van der Waals surface area contributed by atoms with Crippen LogP contribution in [0.2, 0.25) is 0 Å². The third-order valence-electron chi connectivity index (χ3n) is 6.98. The first kappa shape index (κ1) is 20.3. The van der Waals surface area contributed by atoms with Crippen molar-refractivity contribution in [2.75, 3.05) is 12.4 Å². The SMILES string of the molecule is Cc1c(CCOC(=O)C23CC4CC(CC(C4)C2)C3)sc[n+]1CCCS(=O)(=O)[O-]. The van der Waals surface area contributed by atoms with Crippen LogP contribution >= 0.6 is 11.3 Å². The van der Waals surface area contributed by atoms with Gasteiger partial charge in [0.1, 0.15) is 0 Å². The minimum Gasteiger partial charge on any atom is -0.748 e. The summed E-state index contributed by atoms with van der Waals surface area (Å²) < 4.78 is 39.9. The fourth-order valence-electron chi connectivity index (χ4n) is 6.07. The summed E-state index contributed by atoms with van der Waals surface area (Å²) >= 11 is 1.59. The summed E-state index contributed by atoms with van der Waals surface area (Å²) in [5, 5.41) is 0. The first-order valence-corrected chi connectivity index (χ1v) is 12.8. The minimum atomic E-state index is -4.16. The highest BCUT2D eigenvalue weighted by atomic mass is 32.2. The average molecular weight is 428 g/mol. The number of carbonyl (C=O) groups excluding carboxylic acids is 1. The van der Waals surface area contributed by atoms with E-state index >= 15 is 0 Å². The van der Waals surface area contributed by atoms with Crippen LogP contribution in [0.15, 0.2) is 5.51 Å². The summed E-state index contributed by atoms with van der Waals surface area (Å²) in [4.78, 5) is 14.0. The predicted molar refractivity (Wildman–Crippen MR) is 104 cm³/mol. The lowest BCUT2D eigenvalue weighted by Gasteiger charge is -2.55. The Labute approximate surface area is 171 Å². The molecule has 0 saturated heterocycles. The van der Waals surface area contributed by atoms with Crippen LogP contribution in [-0.4, -0.2) is 31.3 Å². The van der Waals surface area contributed by atoms with Gasteiger partial charge in [0.05, 0.1) is 27.0 Å². The number of esters is 1. The molecule has 6 nitrogen and oxygen atoms in total. The molecule has 0 aliphatic heterocycles. The molecular formula is C20H29NO5S2. The molecule has 4 fully saturated rings. The van der Waals surface area contributed by atoms with Crippen molar-refractivity contribution in [2.24, 2.45) is 23.2 Å². The zero-order valence-corrected chi connectivity index (χ0v) is 18.0. The first-order chi connectivity index (χ1) is 13.2. The van der Waals surface area contributed by atoms with E-state index in [9.17, 15) is 17.8 Å². The van der Waals surface area contributed by atoms with Crippen molar-refractivity contribution >= 4 is 27.4 Å². The van der Waals surface area contributed by atoms with Gasteiger partial charge in [0.2, 0.25) is 5.51 Å². The molecule has 4 aliphatic rings. The highest BCUT2D eigenvalue weighted by Crippen LogP contribution is 2.60. The lowest BCUT2D eigenvalue weighted by Crippen LogP contribution is -2.50. The van der Waals surface area contributed by atoms with Gasteiger partial charge in [-0.05, 0) is 56.3 Å². The quantitative estimate of drug-likeness (QED) is 0.361. The second-order valence-electron chi connectivity index (χ2n) is 9.12. The number of carbonyl (C=O) groups is 1. The molecule has 0 atom stereocenters. The Balaban J connectivity index is 1.28. The molecule has 8 heteroatoms. The second-order valence-corrected chi connectivity index (χ2v) is 11.6. The standard InChI is InChI=1S/C20H29NO5S2/c1-14-18(27-13-21(14)4-2-6-28(23,24)25)3-5-26-19(22)20-10-15-7-16(11-20)9-17(8-15)12-20/h13,15-17H,2-12H2,1H3. The van der Waals surface area contributed by atoms with Crippen LogP contribution in [0.5, 0.6) is 0 Å². The number of aryl methyl sites for hydroxylation is 1. The maximum atomic E-state index is 12.9. The van der Waals surface area contributed by atoms with E-state index in [1.54, 1.807) is 11.3 Å². The van der Waals surface area contributed by atoms with Gasteiger partial charge in [-0.15, -0.1) is 0 Å².